The molecule has 3 aromatic carbocycles. The maximum atomic E-state index is 4.97. The molecule has 2 aliphatic rings. The molecule has 0 aliphatic heterocycles. The van der Waals surface area contributed by atoms with Gasteiger partial charge in [-0.2, -0.15) is 0 Å². The number of pyridine rings is 1. The lowest BCUT2D eigenvalue weighted by atomic mass is 9.89. The predicted octanol–water partition coefficient (Wildman–Crippen LogP) is 7.75. The highest BCUT2D eigenvalue weighted by Crippen LogP contribution is 2.44. The first kappa shape index (κ1) is 17.9. The Kier molecular flexibility index (Phi) is 4.06. The second-order valence-electron chi connectivity index (χ2n) is 9.25. The van der Waals surface area contributed by atoms with E-state index in [1.807, 2.05) is 6.20 Å². The summed E-state index contributed by atoms with van der Waals surface area (Å²) in [7, 11) is 0. The van der Waals surface area contributed by atoms with Crippen LogP contribution in [0.2, 0.25) is 0 Å². The molecule has 1 nitrogen and oxygen atoms in total. The Hall–Kier alpha value is -2.93. The Morgan fingerprint density at radius 1 is 0.800 bits per heavy atom. The van der Waals surface area contributed by atoms with Crippen LogP contribution in [0.3, 0.4) is 0 Å². The fourth-order valence-electron chi connectivity index (χ4n) is 5.79. The zero-order valence-corrected chi connectivity index (χ0v) is 17.8. The second kappa shape index (κ2) is 6.80. The van der Waals surface area contributed by atoms with Gasteiger partial charge < -0.3 is 0 Å². The van der Waals surface area contributed by atoms with Gasteiger partial charge in [-0.3, -0.25) is 4.98 Å². The van der Waals surface area contributed by atoms with Crippen LogP contribution in [0.25, 0.3) is 33.2 Å². The van der Waals surface area contributed by atoms with Gasteiger partial charge in [0.1, 0.15) is 0 Å². The maximum absolute atomic E-state index is 4.97. The molecular formula is C29H27N. The lowest BCUT2D eigenvalue weighted by Gasteiger charge is -2.17. The number of hydrogen-bond acceptors (Lipinski definition) is 1. The van der Waals surface area contributed by atoms with Crippen LogP contribution in [-0.2, 0) is 6.42 Å². The number of fused-ring (bicyclic) bond motifs is 4. The summed E-state index contributed by atoms with van der Waals surface area (Å²) in [5, 5.41) is 2.66. The minimum absolute atomic E-state index is 0.716. The van der Waals surface area contributed by atoms with E-state index in [1.165, 1.54) is 81.0 Å². The third-order valence-corrected chi connectivity index (χ3v) is 7.26. The van der Waals surface area contributed by atoms with Gasteiger partial charge in [-0.25, -0.2) is 0 Å². The molecule has 148 valence electrons. The quantitative estimate of drug-likeness (QED) is 0.301. The van der Waals surface area contributed by atoms with Gasteiger partial charge >= 0.3 is 0 Å². The molecule has 0 radical (unpaired) electrons. The van der Waals surface area contributed by atoms with Crippen LogP contribution in [-0.4, -0.2) is 4.98 Å². The van der Waals surface area contributed by atoms with Crippen molar-refractivity contribution in [1.82, 2.24) is 4.98 Å². The summed E-state index contributed by atoms with van der Waals surface area (Å²) in [5.41, 5.74) is 12.3. The van der Waals surface area contributed by atoms with Crippen LogP contribution < -0.4 is 0 Å². The van der Waals surface area contributed by atoms with Crippen molar-refractivity contribution in [2.75, 3.05) is 0 Å². The van der Waals surface area contributed by atoms with Crippen molar-refractivity contribution in [2.45, 2.75) is 51.9 Å². The summed E-state index contributed by atoms with van der Waals surface area (Å²) in [6.45, 7) is 4.48. The molecule has 0 amide bonds. The first-order chi connectivity index (χ1) is 14.7. The van der Waals surface area contributed by atoms with E-state index in [0.29, 0.717) is 5.92 Å². The minimum atomic E-state index is 0.716. The van der Waals surface area contributed by atoms with Crippen molar-refractivity contribution < 1.29 is 0 Å². The van der Waals surface area contributed by atoms with Crippen molar-refractivity contribution in [3.8, 4) is 22.4 Å². The Balaban J connectivity index is 1.60. The Bertz CT molecular complexity index is 1290. The van der Waals surface area contributed by atoms with Crippen molar-refractivity contribution >= 4 is 10.8 Å². The number of benzene rings is 3. The third kappa shape index (κ3) is 2.72. The second-order valence-corrected chi connectivity index (χ2v) is 9.25. The molecule has 2 aliphatic carbocycles. The van der Waals surface area contributed by atoms with Crippen LogP contribution in [0.15, 0.2) is 60.8 Å². The zero-order valence-electron chi connectivity index (χ0n) is 17.8. The lowest BCUT2D eigenvalue weighted by Crippen LogP contribution is -1.97. The highest BCUT2D eigenvalue weighted by molar-refractivity contribution is 5.99. The topological polar surface area (TPSA) is 12.9 Å². The van der Waals surface area contributed by atoms with Crippen LogP contribution >= 0.6 is 0 Å². The number of nitrogens with zero attached hydrogens (tertiary/aromatic N) is 1. The van der Waals surface area contributed by atoms with E-state index in [1.54, 1.807) is 0 Å². The van der Waals surface area contributed by atoms with Gasteiger partial charge in [-0.15, -0.1) is 0 Å². The highest BCUT2D eigenvalue weighted by atomic mass is 14.7. The van der Waals surface area contributed by atoms with E-state index in [0.717, 1.165) is 12.1 Å². The summed E-state index contributed by atoms with van der Waals surface area (Å²) >= 11 is 0. The van der Waals surface area contributed by atoms with Crippen molar-refractivity contribution in [1.29, 1.82) is 0 Å². The minimum Gasteiger partial charge on any atom is -0.256 e. The van der Waals surface area contributed by atoms with Crippen molar-refractivity contribution in [3.63, 3.8) is 0 Å². The number of hydrogen-bond donors (Lipinski definition) is 0. The van der Waals surface area contributed by atoms with Crippen molar-refractivity contribution in [3.05, 3.63) is 88.6 Å². The van der Waals surface area contributed by atoms with E-state index in [4.69, 9.17) is 4.98 Å². The molecule has 0 spiro atoms. The van der Waals surface area contributed by atoms with Gasteiger partial charge in [0, 0.05) is 17.1 Å². The van der Waals surface area contributed by atoms with Crippen LogP contribution in [0.4, 0.5) is 0 Å². The van der Waals surface area contributed by atoms with Crippen LogP contribution in [0.5, 0.6) is 0 Å². The average molecular weight is 390 g/mol. The number of aryl methyl sites for hydroxylation is 2. The summed E-state index contributed by atoms with van der Waals surface area (Å²) in [5.74, 6) is 0.716. The molecule has 1 fully saturated rings. The van der Waals surface area contributed by atoms with E-state index in [-0.39, 0.29) is 0 Å². The molecule has 0 atom stereocenters. The molecule has 1 aromatic heterocycles. The lowest BCUT2D eigenvalue weighted by molar-refractivity contribution is 0.724. The van der Waals surface area contributed by atoms with Gasteiger partial charge in [0.2, 0.25) is 0 Å². The average Bonchev–Trinajstić information content (AvgIpc) is 3.41. The van der Waals surface area contributed by atoms with E-state index < -0.39 is 0 Å². The monoisotopic (exact) mass is 389 g/mol. The molecule has 0 N–H and O–H groups in total. The van der Waals surface area contributed by atoms with Gasteiger partial charge in [0.15, 0.2) is 0 Å². The molecule has 1 saturated carbocycles. The van der Waals surface area contributed by atoms with Crippen LogP contribution in [0, 0.1) is 13.8 Å². The highest BCUT2D eigenvalue weighted by Gasteiger charge is 2.24. The smallest absolute Gasteiger partial charge is 0.0783 e. The predicted molar refractivity (Wildman–Crippen MR) is 126 cm³/mol. The fraction of sp³-hybridized carbons (Fsp3) is 0.276. The molecule has 1 heterocycles. The summed E-state index contributed by atoms with van der Waals surface area (Å²) in [4.78, 5) is 4.97. The van der Waals surface area contributed by atoms with Crippen molar-refractivity contribution in [2.24, 2.45) is 0 Å². The summed E-state index contributed by atoms with van der Waals surface area (Å²) < 4.78 is 0. The van der Waals surface area contributed by atoms with Gasteiger partial charge in [0.25, 0.3) is 0 Å². The van der Waals surface area contributed by atoms with E-state index >= 15 is 0 Å². The normalized spacial score (nSPS) is 15.5. The molecule has 30 heavy (non-hydrogen) atoms. The molecule has 1 heteroatoms. The Morgan fingerprint density at radius 2 is 1.60 bits per heavy atom. The SMILES string of the molecule is Cc1cc2c(c(-c3nccc4c(C)cc(C5CCCC5)cc34)c1)Cc1ccccc1-2. The van der Waals surface area contributed by atoms with Gasteiger partial charge in [-0.1, -0.05) is 49.2 Å². The van der Waals surface area contributed by atoms with Gasteiger partial charge in [-0.05, 0) is 102 Å². The first-order valence-corrected chi connectivity index (χ1v) is 11.3. The number of aromatic nitrogens is 1. The Labute approximate surface area is 178 Å². The summed E-state index contributed by atoms with van der Waals surface area (Å²) in [6, 6.07) is 20.6. The van der Waals surface area contributed by atoms with Crippen LogP contribution in [0.1, 0.15) is 59.4 Å². The molecule has 0 unspecified atom stereocenters. The molecular weight excluding hydrogens is 362 g/mol. The largest absolute Gasteiger partial charge is 0.256 e. The molecule has 0 bridgehead atoms. The molecule has 0 saturated heterocycles. The van der Waals surface area contributed by atoms with E-state index in [9.17, 15) is 0 Å². The summed E-state index contributed by atoms with van der Waals surface area (Å²) in [6.07, 6.45) is 8.39. The Morgan fingerprint density at radius 3 is 2.47 bits per heavy atom. The molecule has 6 rings (SSSR count). The first-order valence-electron chi connectivity index (χ1n) is 11.3. The van der Waals surface area contributed by atoms with E-state index in [2.05, 4.69) is 68.4 Å². The standard InChI is InChI=1S/C29H27N/c1-18-13-25-24-10-6-5-9-21(24)16-26(25)27(14-18)29-28-17-22(20-7-3-4-8-20)15-19(2)23(28)11-12-30-29/h5-6,9-15,17,20H,3-4,7-8,16H2,1-2H3. The zero-order chi connectivity index (χ0) is 20.2. The van der Waals surface area contributed by atoms with Gasteiger partial charge in [0.05, 0.1) is 5.69 Å². The molecule has 4 aromatic rings. The number of rotatable bonds is 2. The third-order valence-electron chi connectivity index (χ3n) is 7.26. The fourth-order valence-corrected chi connectivity index (χ4v) is 5.79. The maximum Gasteiger partial charge on any atom is 0.0783 e.